The number of Topliss-reactive ketones (excluding diaryl/α,β-unsaturated/α-hetero) is 1. The predicted molar refractivity (Wildman–Crippen MR) is 205 cm³/mol. The number of fused-ring (bicyclic) bond motifs is 3. The number of carbonyl (C=O) groups excluding carboxylic acids is 3. The minimum absolute atomic E-state index is 0.00978. The smallest absolute Gasteiger partial charge is 0.337 e. The Balaban J connectivity index is 1.38. The lowest BCUT2D eigenvalue weighted by Gasteiger charge is -2.34. The summed E-state index contributed by atoms with van der Waals surface area (Å²) in [5.41, 5.74) is 2.15. The summed E-state index contributed by atoms with van der Waals surface area (Å²) in [5, 5.41) is 0.876. The van der Waals surface area contributed by atoms with Gasteiger partial charge in [0, 0.05) is 24.4 Å². The Morgan fingerprint density at radius 2 is 1.85 bits per heavy atom. The summed E-state index contributed by atoms with van der Waals surface area (Å²) in [6, 6.07) is 5.46. The van der Waals surface area contributed by atoms with Gasteiger partial charge in [0.1, 0.15) is 6.10 Å². The molecule has 1 aromatic heterocycles. The first-order valence-electron chi connectivity index (χ1n) is 19.9. The summed E-state index contributed by atoms with van der Waals surface area (Å²) < 4.78 is 38.6. The monoisotopic (exact) mass is 750 g/mol. The third-order valence-electron chi connectivity index (χ3n) is 12.2. The second-order valence-corrected chi connectivity index (χ2v) is 19.0. The fourth-order valence-electron chi connectivity index (χ4n) is 9.15. The summed E-state index contributed by atoms with van der Waals surface area (Å²) in [7, 11) is -3.71. The molecule has 11 heteroatoms. The average Bonchev–Trinajstić information content (AvgIpc) is 3.70. The number of pyridine rings is 1. The van der Waals surface area contributed by atoms with E-state index < -0.39 is 30.8 Å². The van der Waals surface area contributed by atoms with Gasteiger partial charge in [-0.15, -0.1) is 6.58 Å². The zero-order valence-corrected chi connectivity index (χ0v) is 33.3. The number of esters is 1. The molecule has 10 nitrogen and oxygen atoms in total. The van der Waals surface area contributed by atoms with E-state index in [2.05, 4.69) is 44.5 Å². The maximum absolute atomic E-state index is 14.9. The van der Waals surface area contributed by atoms with Crippen LogP contribution in [-0.4, -0.2) is 71.2 Å². The topological polar surface area (TPSA) is 121 Å². The lowest BCUT2D eigenvalue weighted by atomic mass is 9.77. The molecule has 4 aliphatic rings. The normalized spacial score (nSPS) is 28.6. The van der Waals surface area contributed by atoms with Crippen LogP contribution in [0.2, 0.25) is 0 Å². The fraction of sp³-hybridized carbons (Fsp3) is 0.667. The lowest BCUT2D eigenvalue weighted by Crippen LogP contribution is -2.47. The van der Waals surface area contributed by atoms with E-state index >= 15 is 0 Å². The predicted octanol–water partition coefficient (Wildman–Crippen LogP) is 8.55. The van der Waals surface area contributed by atoms with E-state index in [0.717, 1.165) is 62.1 Å². The van der Waals surface area contributed by atoms with Gasteiger partial charge < -0.3 is 23.4 Å². The number of allylic oxidation sites excluding steroid dienone is 1. The number of benzene rings is 1. The van der Waals surface area contributed by atoms with Crippen LogP contribution in [-0.2, 0) is 39.2 Å². The molecule has 2 unspecified atom stereocenters. The average molecular weight is 751 g/mol. The number of nitrogens with zero attached hydrogens (tertiary/aromatic N) is 2. The Morgan fingerprint density at radius 1 is 1.11 bits per heavy atom. The number of aromatic nitrogens is 1. The molecule has 3 fully saturated rings. The molecule has 53 heavy (non-hydrogen) atoms. The van der Waals surface area contributed by atoms with Gasteiger partial charge in [-0.1, -0.05) is 45.3 Å². The number of hydrogen-bond donors (Lipinski definition) is 0. The number of ketones is 1. The number of hydrogen-bond acceptors (Lipinski definition) is 9. The third-order valence-corrected chi connectivity index (χ3v) is 15.2. The first-order valence-corrected chi connectivity index (χ1v) is 21.4. The van der Waals surface area contributed by atoms with E-state index in [4.69, 9.17) is 18.5 Å². The van der Waals surface area contributed by atoms with Gasteiger partial charge in [-0.3, -0.25) is 18.9 Å². The molecule has 1 aromatic carbocycles. The van der Waals surface area contributed by atoms with Crippen molar-refractivity contribution in [3.05, 3.63) is 48.2 Å². The van der Waals surface area contributed by atoms with Gasteiger partial charge in [0.15, 0.2) is 5.78 Å². The van der Waals surface area contributed by atoms with Crippen LogP contribution in [0.1, 0.15) is 109 Å². The van der Waals surface area contributed by atoms with Crippen LogP contribution in [0.5, 0.6) is 5.88 Å². The minimum Gasteiger partial charge on any atom is -0.472 e. The van der Waals surface area contributed by atoms with Crippen LogP contribution in [0.4, 0.5) is 0 Å². The third kappa shape index (κ3) is 8.45. The van der Waals surface area contributed by atoms with Crippen molar-refractivity contribution in [3.63, 3.8) is 0 Å². The molecule has 0 spiro atoms. The Bertz CT molecular complexity index is 1730. The number of aryl methyl sites for hydroxylation is 2. The van der Waals surface area contributed by atoms with Crippen LogP contribution in [0, 0.1) is 30.1 Å². The first-order chi connectivity index (χ1) is 25.3. The minimum atomic E-state index is -3.71. The number of carbonyl (C=O) groups is 3. The summed E-state index contributed by atoms with van der Waals surface area (Å²) >= 11 is 0. The molecule has 3 heterocycles. The summed E-state index contributed by atoms with van der Waals surface area (Å²) in [4.78, 5) is 49.5. The Hall–Kier alpha value is -3.07. The molecule has 0 N–H and O–H groups in total. The largest absolute Gasteiger partial charge is 0.472 e. The molecule has 2 aliphatic carbocycles. The molecule has 2 aliphatic heterocycles. The van der Waals surface area contributed by atoms with Crippen molar-refractivity contribution in [1.29, 1.82) is 0 Å². The molecule has 1 saturated heterocycles. The number of amides is 1. The molecule has 2 aromatic rings. The Morgan fingerprint density at radius 3 is 2.53 bits per heavy atom. The summed E-state index contributed by atoms with van der Waals surface area (Å²) in [6.07, 6.45) is 11.0. The lowest BCUT2D eigenvalue weighted by molar-refractivity contribution is -0.154. The maximum atomic E-state index is 14.9. The zero-order valence-electron chi connectivity index (χ0n) is 32.4. The highest BCUT2D eigenvalue weighted by Gasteiger charge is 2.68. The van der Waals surface area contributed by atoms with Crippen molar-refractivity contribution in [3.8, 4) is 5.88 Å². The second kappa shape index (κ2) is 16.3. The fourth-order valence-corrected chi connectivity index (χ4v) is 11.7. The molecule has 5 atom stereocenters. The molecule has 4 bridgehead atoms. The van der Waals surface area contributed by atoms with E-state index in [0.29, 0.717) is 12.3 Å². The molecule has 1 amide bonds. The van der Waals surface area contributed by atoms with Crippen molar-refractivity contribution in [2.45, 2.75) is 129 Å². The molecular weight excluding hydrogens is 691 g/mol. The van der Waals surface area contributed by atoms with E-state index in [9.17, 15) is 18.9 Å². The number of cyclic esters (lactones) is 1. The van der Waals surface area contributed by atoms with Crippen molar-refractivity contribution in [2.75, 3.05) is 26.4 Å². The van der Waals surface area contributed by atoms with Gasteiger partial charge in [0.2, 0.25) is 11.8 Å². The van der Waals surface area contributed by atoms with Crippen LogP contribution in [0.15, 0.2) is 37.1 Å². The van der Waals surface area contributed by atoms with E-state index in [1.54, 1.807) is 31.0 Å². The summed E-state index contributed by atoms with van der Waals surface area (Å²) in [5.74, 6) is -1.16. The summed E-state index contributed by atoms with van der Waals surface area (Å²) in [6.45, 7) is 14.6. The van der Waals surface area contributed by atoms with Crippen LogP contribution in [0.3, 0.4) is 0 Å². The highest BCUT2D eigenvalue weighted by atomic mass is 31.2. The standard InChI is InChI=1S/C42H59N2O8P/c1-7-32-24-42(32,53(48,50-8-2)51-9-3)25-37(45)36-22-33-26-44(36)40(47)35(29-14-11-10-12-15-29)23-38(46)49-27-41(5,6)18-13-16-30-21-34-31(20-28(30)4)17-19-43-39(34)52-33/h7,17,19-21,29,32-33,35-36H,1,8-16,18,22-27H2,2-6H3/t32?,33-,35+,36+,42?/m1/s1. The van der Waals surface area contributed by atoms with Gasteiger partial charge >= 0.3 is 13.6 Å². The van der Waals surface area contributed by atoms with E-state index in [-0.39, 0.29) is 80.5 Å². The number of ether oxygens (including phenoxy) is 2. The van der Waals surface area contributed by atoms with Gasteiger partial charge in [-0.25, -0.2) is 4.98 Å². The highest BCUT2D eigenvalue weighted by Crippen LogP contribution is 2.76. The van der Waals surface area contributed by atoms with Crippen molar-refractivity contribution >= 4 is 36.0 Å². The maximum Gasteiger partial charge on any atom is 0.337 e. The number of rotatable bonds is 10. The molecule has 0 radical (unpaired) electrons. The van der Waals surface area contributed by atoms with Gasteiger partial charge in [-0.05, 0) is 105 Å². The quantitative estimate of drug-likeness (QED) is 0.134. The van der Waals surface area contributed by atoms with Crippen molar-refractivity contribution in [1.82, 2.24) is 9.88 Å². The molecule has 290 valence electrons. The molecule has 2 saturated carbocycles. The van der Waals surface area contributed by atoms with Crippen molar-refractivity contribution < 1.29 is 37.5 Å². The van der Waals surface area contributed by atoms with Gasteiger partial charge in [0.05, 0.1) is 49.9 Å². The zero-order chi connectivity index (χ0) is 38.0. The van der Waals surface area contributed by atoms with Gasteiger partial charge in [-0.2, -0.15) is 0 Å². The van der Waals surface area contributed by atoms with Crippen molar-refractivity contribution in [2.24, 2.45) is 23.2 Å². The van der Waals surface area contributed by atoms with Crippen LogP contribution < -0.4 is 4.74 Å². The molecular formula is C42H59N2O8P. The van der Waals surface area contributed by atoms with Crippen LogP contribution >= 0.6 is 7.60 Å². The molecule has 6 rings (SSSR count). The SMILES string of the molecule is C=CC1CC1(CC(=O)[C@@H]1C[C@@H]2CN1C(=O)[C@H](C1CCCCC1)CC(=O)OCC(C)(C)CCCc1cc3c(nccc3cc1C)O2)P(=O)(OCC)OCC. The second-order valence-electron chi connectivity index (χ2n) is 16.6. The highest BCUT2D eigenvalue weighted by molar-refractivity contribution is 7.56. The first kappa shape index (κ1) is 39.6. The Labute approximate surface area is 315 Å². The van der Waals surface area contributed by atoms with Gasteiger partial charge in [0.25, 0.3) is 0 Å². The van der Waals surface area contributed by atoms with E-state index in [1.165, 1.54) is 11.1 Å². The van der Waals surface area contributed by atoms with E-state index in [1.807, 2.05) is 6.07 Å². The Kier molecular flexibility index (Phi) is 12.2. The van der Waals surface area contributed by atoms with Crippen LogP contribution in [0.25, 0.3) is 10.8 Å².